The fourth-order valence-corrected chi connectivity index (χ4v) is 15.1. The molecule has 0 saturated heterocycles. The number of nitrogens with zero attached hydrogens (tertiary/aromatic N) is 2. The normalized spacial score (nSPS) is 13.4. The fraction of sp³-hybridized carbons (Fsp3) is 0.0652. The molecule has 446 valence electrons. The maximum Gasteiger partial charge on any atom is 0.0540 e. The number of fused-ring (bicyclic) bond motifs is 10. The van der Waals surface area contributed by atoms with E-state index in [-0.39, 0.29) is 10.8 Å². The van der Waals surface area contributed by atoms with Crippen molar-refractivity contribution in [2.75, 3.05) is 9.80 Å². The zero-order valence-corrected chi connectivity index (χ0v) is 53.2. The van der Waals surface area contributed by atoms with Gasteiger partial charge in [0.2, 0.25) is 0 Å². The van der Waals surface area contributed by atoms with E-state index in [4.69, 9.17) is 0 Å². The van der Waals surface area contributed by atoms with Crippen molar-refractivity contribution in [1.82, 2.24) is 0 Å². The van der Waals surface area contributed by atoms with E-state index in [9.17, 15) is 0 Å². The molecule has 2 aliphatic rings. The van der Waals surface area contributed by atoms with Crippen LogP contribution in [0.5, 0.6) is 0 Å². The first-order chi connectivity index (χ1) is 46.1. The molecule has 0 radical (unpaired) electrons. The van der Waals surface area contributed by atoms with Gasteiger partial charge in [-0.3, -0.25) is 0 Å². The molecule has 0 spiro atoms. The van der Waals surface area contributed by atoms with E-state index in [0.717, 1.165) is 45.3 Å². The molecule has 0 N–H and O–H groups in total. The van der Waals surface area contributed by atoms with Crippen molar-refractivity contribution >= 4 is 102 Å². The Balaban J connectivity index is 0.607. The van der Waals surface area contributed by atoms with Crippen molar-refractivity contribution < 1.29 is 0 Å². The predicted molar refractivity (Wildman–Crippen MR) is 403 cm³/mol. The largest absolute Gasteiger partial charge is 0.310 e. The molecule has 0 atom stereocenters. The first-order valence-corrected chi connectivity index (χ1v) is 32.9. The van der Waals surface area contributed by atoms with Gasteiger partial charge >= 0.3 is 0 Å². The molecule has 0 aromatic heterocycles. The summed E-state index contributed by atoms with van der Waals surface area (Å²) in [7, 11) is 0. The summed E-state index contributed by atoms with van der Waals surface area (Å²) < 4.78 is 0. The average Bonchev–Trinajstić information content (AvgIpc) is 1.57. The molecule has 0 heterocycles. The Morgan fingerprint density at radius 1 is 0.223 bits per heavy atom. The molecule has 2 nitrogen and oxygen atoms in total. The van der Waals surface area contributed by atoms with Crippen LogP contribution in [0.3, 0.4) is 0 Å². The summed E-state index contributed by atoms with van der Waals surface area (Å²) in [4.78, 5) is 4.89. The molecule has 17 rings (SSSR count). The van der Waals surface area contributed by atoms with Gasteiger partial charge in [-0.25, -0.2) is 0 Å². The molecule has 15 aromatic carbocycles. The molecule has 0 aliphatic heterocycles. The Bertz CT molecular complexity index is 5190. The van der Waals surface area contributed by atoms with Gasteiger partial charge in [0.25, 0.3) is 0 Å². The second-order valence-electron chi connectivity index (χ2n) is 26.5. The second-order valence-corrected chi connectivity index (χ2v) is 26.5. The van der Waals surface area contributed by atoms with Crippen LogP contribution in [0.2, 0.25) is 0 Å². The van der Waals surface area contributed by atoms with E-state index in [1.807, 2.05) is 0 Å². The van der Waals surface area contributed by atoms with E-state index >= 15 is 0 Å². The molecule has 0 saturated carbocycles. The third-order valence-corrected chi connectivity index (χ3v) is 20.2. The minimum Gasteiger partial charge on any atom is -0.310 e. The standard InChI is InChI=1S/C92H68N2/c1-91(2)85-55-63(35-51-81(85)83-53-49-77(59-87(83)91)93(89-25-13-21-69-17-9-11-23-79(69)89)75-45-41-67(42-46-75)73-39-37-65-15-5-7-19-71(65)57-73)33-31-61-27-29-62(30-28-61)32-34-64-36-52-82-84-54-50-78(60-88(84)92(3,4)86(82)56-64)94(90-26-14-22-70-18-10-12-24-80(70)90)76-47-43-68(44-48-76)74-40-38-66-16-6-8-20-72(66)58-74/h5-60H,1-4H3. The number of hydrogen-bond donors (Lipinski definition) is 0. The lowest BCUT2D eigenvalue weighted by Gasteiger charge is -2.29. The van der Waals surface area contributed by atoms with Gasteiger partial charge in [-0.2, -0.15) is 0 Å². The van der Waals surface area contributed by atoms with Crippen LogP contribution >= 0.6 is 0 Å². The number of anilines is 6. The van der Waals surface area contributed by atoms with Crippen LogP contribution in [0.25, 0.3) is 112 Å². The Morgan fingerprint density at radius 3 is 0.947 bits per heavy atom. The lowest BCUT2D eigenvalue weighted by molar-refractivity contribution is 0.660. The second kappa shape index (κ2) is 22.7. The molecule has 2 aliphatic carbocycles. The lowest BCUT2D eigenvalue weighted by atomic mass is 9.81. The molecule has 2 heteroatoms. The van der Waals surface area contributed by atoms with Crippen LogP contribution in [-0.4, -0.2) is 0 Å². The highest BCUT2D eigenvalue weighted by atomic mass is 15.1. The molecular weight excluding hydrogens is 1130 g/mol. The quantitative estimate of drug-likeness (QED) is 0.113. The Kier molecular flexibility index (Phi) is 13.6. The van der Waals surface area contributed by atoms with Crippen LogP contribution in [0.4, 0.5) is 34.1 Å². The molecule has 0 unspecified atom stereocenters. The zero-order valence-electron chi connectivity index (χ0n) is 53.2. The smallest absolute Gasteiger partial charge is 0.0540 e. The van der Waals surface area contributed by atoms with E-state index < -0.39 is 0 Å². The van der Waals surface area contributed by atoms with Gasteiger partial charge in [-0.1, -0.05) is 295 Å². The summed E-state index contributed by atoms with van der Waals surface area (Å²) in [6.07, 6.45) is 9.01. The van der Waals surface area contributed by atoms with Crippen molar-refractivity contribution in [3.05, 3.63) is 360 Å². The Hall–Kier alpha value is -11.6. The van der Waals surface area contributed by atoms with Gasteiger partial charge in [0.1, 0.15) is 0 Å². The summed E-state index contributed by atoms with van der Waals surface area (Å²) >= 11 is 0. The molecule has 0 fully saturated rings. The van der Waals surface area contributed by atoms with Crippen LogP contribution in [0, 0.1) is 0 Å². The highest BCUT2D eigenvalue weighted by Crippen LogP contribution is 2.54. The van der Waals surface area contributed by atoms with Crippen molar-refractivity contribution in [3.8, 4) is 44.5 Å². The Labute approximate surface area is 551 Å². The topological polar surface area (TPSA) is 6.48 Å². The summed E-state index contributed by atoms with van der Waals surface area (Å²) in [5.74, 6) is 0. The predicted octanol–water partition coefficient (Wildman–Crippen LogP) is 25.5. The van der Waals surface area contributed by atoms with E-state index in [1.165, 1.54) is 121 Å². The highest BCUT2D eigenvalue weighted by molar-refractivity contribution is 6.02. The lowest BCUT2D eigenvalue weighted by Crippen LogP contribution is -2.17. The first kappa shape index (κ1) is 56.4. The van der Waals surface area contributed by atoms with E-state index in [1.54, 1.807) is 0 Å². The van der Waals surface area contributed by atoms with Gasteiger partial charge < -0.3 is 9.80 Å². The zero-order chi connectivity index (χ0) is 63.1. The third kappa shape index (κ3) is 9.89. The first-order valence-electron chi connectivity index (χ1n) is 32.9. The van der Waals surface area contributed by atoms with Gasteiger partial charge in [0.15, 0.2) is 0 Å². The van der Waals surface area contributed by atoms with Crippen molar-refractivity contribution in [1.29, 1.82) is 0 Å². The molecule has 0 amide bonds. The van der Waals surface area contributed by atoms with E-state index in [2.05, 4.69) is 377 Å². The van der Waals surface area contributed by atoms with Gasteiger partial charge in [0.05, 0.1) is 11.4 Å². The minimum absolute atomic E-state index is 0.222. The summed E-state index contributed by atoms with van der Waals surface area (Å²) in [6.45, 7) is 9.54. The molecule has 94 heavy (non-hydrogen) atoms. The molecular formula is C92H68N2. The monoisotopic (exact) mass is 1200 g/mol. The minimum atomic E-state index is -0.222. The highest BCUT2D eigenvalue weighted by Gasteiger charge is 2.38. The molecule has 15 aromatic rings. The number of rotatable bonds is 12. The van der Waals surface area contributed by atoms with Gasteiger partial charge in [0, 0.05) is 44.4 Å². The fourth-order valence-electron chi connectivity index (χ4n) is 15.1. The number of hydrogen-bond acceptors (Lipinski definition) is 2. The summed E-state index contributed by atoms with van der Waals surface area (Å²) in [5, 5.41) is 9.87. The summed E-state index contributed by atoms with van der Waals surface area (Å²) in [5.41, 5.74) is 26.5. The van der Waals surface area contributed by atoms with Gasteiger partial charge in [-0.05, 0) is 194 Å². The van der Waals surface area contributed by atoms with Crippen molar-refractivity contribution in [3.63, 3.8) is 0 Å². The van der Waals surface area contributed by atoms with Crippen LogP contribution in [-0.2, 0) is 10.8 Å². The van der Waals surface area contributed by atoms with E-state index in [0.29, 0.717) is 0 Å². The Morgan fingerprint density at radius 2 is 0.532 bits per heavy atom. The van der Waals surface area contributed by atoms with Crippen LogP contribution in [0.15, 0.2) is 315 Å². The third-order valence-electron chi connectivity index (χ3n) is 20.2. The van der Waals surface area contributed by atoms with Crippen LogP contribution in [0.1, 0.15) is 72.2 Å². The van der Waals surface area contributed by atoms with Crippen LogP contribution < -0.4 is 9.80 Å². The van der Waals surface area contributed by atoms with Crippen molar-refractivity contribution in [2.24, 2.45) is 0 Å². The molecule has 0 bridgehead atoms. The average molecular weight is 1200 g/mol. The summed E-state index contributed by atoms with van der Waals surface area (Å²) in [6, 6.07) is 117. The maximum absolute atomic E-state index is 2.44. The number of benzene rings is 15. The van der Waals surface area contributed by atoms with Gasteiger partial charge in [-0.15, -0.1) is 0 Å². The SMILES string of the molecule is CC1(C)c2cc(C=Cc3ccc(C=Cc4ccc5c(c4)C(C)(C)c4cc(N(c6ccc(-c7ccc8ccccc8c7)cc6)c6cccc7ccccc67)ccc4-5)cc3)ccc2-c2ccc(N(c3ccc(-c4ccc5ccccc5c4)cc3)c3cccc4ccccc34)cc21. The van der Waals surface area contributed by atoms with Crippen molar-refractivity contribution in [2.45, 2.75) is 38.5 Å². The maximum atomic E-state index is 2.44.